The van der Waals surface area contributed by atoms with Crippen LogP contribution in [0.2, 0.25) is 0 Å². The topological polar surface area (TPSA) is 21.1 Å². The molecule has 1 aromatic rings. The van der Waals surface area contributed by atoms with Gasteiger partial charge < -0.3 is 0 Å². The summed E-state index contributed by atoms with van der Waals surface area (Å²) in [7, 11) is 0. The number of piperidine rings is 1. The molecule has 17 heavy (non-hydrogen) atoms. The first-order valence-corrected chi connectivity index (χ1v) is 6.53. The van der Waals surface area contributed by atoms with Crippen LogP contribution in [0.4, 0.5) is 0 Å². The van der Waals surface area contributed by atoms with Gasteiger partial charge in [-0.2, -0.15) is 5.10 Å². The van der Waals surface area contributed by atoms with Gasteiger partial charge in [-0.15, -0.1) is 5.92 Å². The quantitative estimate of drug-likeness (QED) is 0.724. The van der Waals surface area contributed by atoms with Gasteiger partial charge in [-0.3, -0.25) is 9.58 Å². The number of aromatic nitrogens is 2. The lowest BCUT2D eigenvalue weighted by molar-refractivity contribution is 0.118. The van der Waals surface area contributed by atoms with Crippen molar-refractivity contribution in [2.45, 2.75) is 50.7 Å². The molecule has 3 heterocycles. The van der Waals surface area contributed by atoms with E-state index in [0.29, 0.717) is 6.04 Å². The molecule has 2 aliphatic heterocycles. The van der Waals surface area contributed by atoms with Gasteiger partial charge in [0.05, 0.1) is 12.6 Å². The van der Waals surface area contributed by atoms with E-state index in [0.717, 1.165) is 18.6 Å². The van der Waals surface area contributed by atoms with Gasteiger partial charge in [0.2, 0.25) is 0 Å². The number of fused-ring (bicyclic) bond motifs is 2. The van der Waals surface area contributed by atoms with Gasteiger partial charge in [0, 0.05) is 24.5 Å². The Kier molecular flexibility index (Phi) is 2.90. The molecule has 2 saturated heterocycles. The third-order valence-electron chi connectivity index (χ3n) is 4.20. The zero-order valence-electron chi connectivity index (χ0n) is 10.3. The molecular formula is C14H19N3. The molecule has 0 aromatic carbocycles. The largest absolute Gasteiger partial charge is 0.286 e. The van der Waals surface area contributed by atoms with Crippen LogP contribution >= 0.6 is 0 Å². The van der Waals surface area contributed by atoms with E-state index in [1.807, 2.05) is 19.2 Å². The summed E-state index contributed by atoms with van der Waals surface area (Å²) in [6.45, 7) is 2.88. The molecule has 0 saturated carbocycles. The van der Waals surface area contributed by atoms with Crippen LogP contribution in [0, 0.1) is 11.8 Å². The van der Waals surface area contributed by atoms with E-state index in [9.17, 15) is 0 Å². The van der Waals surface area contributed by atoms with Crippen molar-refractivity contribution < 1.29 is 0 Å². The summed E-state index contributed by atoms with van der Waals surface area (Å²) < 4.78 is 2.15. The molecule has 90 valence electrons. The third kappa shape index (κ3) is 1.98. The fraction of sp³-hybridized carbons (Fsp3) is 0.643. The molecular weight excluding hydrogens is 210 g/mol. The summed E-state index contributed by atoms with van der Waals surface area (Å²) in [6, 6.07) is 4.08. The SMILES string of the molecule is CC#CCN1C2CCC1CC(n1cccn1)C2. The monoisotopic (exact) mass is 229 g/mol. The second-order valence-corrected chi connectivity index (χ2v) is 5.10. The normalized spacial score (nSPS) is 32.2. The van der Waals surface area contributed by atoms with E-state index in [2.05, 4.69) is 32.7 Å². The molecule has 2 atom stereocenters. The van der Waals surface area contributed by atoms with Crippen molar-refractivity contribution in [3.8, 4) is 11.8 Å². The molecule has 2 fully saturated rings. The molecule has 3 rings (SSSR count). The van der Waals surface area contributed by atoms with E-state index >= 15 is 0 Å². The first-order chi connectivity index (χ1) is 8.38. The van der Waals surface area contributed by atoms with Crippen molar-refractivity contribution in [3.05, 3.63) is 18.5 Å². The van der Waals surface area contributed by atoms with E-state index in [4.69, 9.17) is 0 Å². The summed E-state index contributed by atoms with van der Waals surface area (Å²) in [4.78, 5) is 2.61. The van der Waals surface area contributed by atoms with E-state index in [1.165, 1.54) is 25.7 Å². The minimum absolute atomic E-state index is 0.605. The van der Waals surface area contributed by atoms with E-state index in [1.54, 1.807) is 0 Å². The first-order valence-electron chi connectivity index (χ1n) is 6.53. The second-order valence-electron chi connectivity index (χ2n) is 5.10. The summed E-state index contributed by atoms with van der Waals surface area (Å²) in [6.07, 6.45) is 9.15. The highest BCUT2D eigenvalue weighted by Gasteiger charge is 2.40. The second kappa shape index (κ2) is 4.54. The molecule has 1 aromatic heterocycles. The van der Waals surface area contributed by atoms with Crippen molar-refractivity contribution in [1.82, 2.24) is 14.7 Å². The van der Waals surface area contributed by atoms with E-state index in [-0.39, 0.29) is 0 Å². The van der Waals surface area contributed by atoms with Gasteiger partial charge >= 0.3 is 0 Å². The Morgan fingerprint density at radius 2 is 2.00 bits per heavy atom. The molecule has 0 radical (unpaired) electrons. The van der Waals surface area contributed by atoms with Crippen LogP contribution < -0.4 is 0 Å². The van der Waals surface area contributed by atoms with Gasteiger partial charge in [-0.1, -0.05) is 5.92 Å². The van der Waals surface area contributed by atoms with Gasteiger partial charge in [-0.05, 0) is 38.7 Å². The fourth-order valence-corrected chi connectivity index (χ4v) is 3.39. The Bertz CT molecular complexity index is 412. The summed E-state index contributed by atoms with van der Waals surface area (Å²) in [5.74, 6) is 6.24. The van der Waals surface area contributed by atoms with Crippen LogP contribution in [0.3, 0.4) is 0 Å². The Morgan fingerprint density at radius 3 is 2.59 bits per heavy atom. The van der Waals surface area contributed by atoms with Gasteiger partial charge in [-0.25, -0.2) is 0 Å². The maximum atomic E-state index is 4.39. The van der Waals surface area contributed by atoms with Crippen molar-refractivity contribution in [2.24, 2.45) is 0 Å². The lowest BCUT2D eigenvalue weighted by Crippen LogP contribution is -2.43. The van der Waals surface area contributed by atoms with Crippen LogP contribution in [0.25, 0.3) is 0 Å². The maximum Gasteiger partial charge on any atom is 0.0606 e. The molecule has 3 heteroatoms. The molecule has 0 amide bonds. The zero-order valence-corrected chi connectivity index (χ0v) is 10.3. The number of hydrogen-bond acceptors (Lipinski definition) is 2. The average molecular weight is 229 g/mol. The number of nitrogens with zero attached hydrogens (tertiary/aromatic N) is 3. The molecule has 2 unspecified atom stereocenters. The highest BCUT2D eigenvalue weighted by molar-refractivity contribution is 5.05. The Labute approximate surface area is 103 Å². The predicted molar refractivity (Wildman–Crippen MR) is 67.5 cm³/mol. The van der Waals surface area contributed by atoms with Gasteiger partial charge in [0.1, 0.15) is 0 Å². The lowest BCUT2D eigenvalue weighted by atomic mass is 9.97. The third-order valence-corrected chi connectivity index (χ3v) is 4.20. The summed E-state index contributed by atoms with van der Waals surface area (Å²) >= 11 is 0. The van der Waals surface area contributed by atoms with Gasteiger partial charge in [0.25, 0.3) is 0 Å². The van der Waals surface area contributed by atoms with E-state index < -0.39 is 0 Å². The molecule has 2 bridgehead atoms. The summed E-state index contributed by atoms with van der Waals surface area (Å²) in [5.41, 5.74) is 0. The molecule has 0 aliphatic carbocycles. The minimum Gasteiger partial charge on any atom is -0.286 e. The van der Waals surface area contributed by atoms with Crippen LogP contribution in [0.1, 0.15) is 38.6 Å². The van der Waals surface area contributed by atoms with Crippen molar-refractivity contribution >= 4 is 0 Å². The van der Waals surface area contributed by atoms with Crippen LogP contribution in [0.5, 0.6) is 0 Å². The average Bonchev–Trinajstić information content (AvgIpc) is 2.94. The van der Waals surface area contributed by atoms with Crippen molar-refractivity contribution in [2.75, 3.05) is 6.54 Å². The van der Waals surface area contributed by atoms with Crippen LogP contribution in [-0.4, -0.2) is 33.3 Å². The molecule has 3 nitrogen and oxygen atoms in total. The number of rotatable bonds is 2. The maximum absolute atomic E-state index is 4.39. The highest BCUT2D eigenvalue weighted by Crippen LogP contribution is 2.40. The van der Waals surface area contributed by atoms with Crippen LogP contribution in [0.15, 0.2) is 18.5 Å². The van der Waals surface area contributed by atoms with Crippen molar-refractivity contribution in [1.29, 1.82) is 0 Å². The van der Waals surface area contributed by atoms with Gasteiger partial charge in [0.15, 0.2) is 0 Å². The van der Waals surface area contributed by atoms with Crippen LogP contribution in [-0.2, 0) is 0 Å². The van der Waals surface area contributed by atoms with Crippen molar-refractivity contribution in [3.63, 3.8) is 0 Å². The molecule has 2 aliphatic rings. The smallest absolute Gasteiger partial charge is 0.0606 e. The Balaban J connectivity index is 1.72. The zero-order chi connectivity index (χ0) is 11.7. The Hall–Kier alpha value is -1.27. The fourth-order valence-electron chi connectivity index (χ4n) is 3.39. The standard InChI is InChI=1S/C14H19N3/c1-2-3-8-16-12-5-6-13(16)11-14(10-12)17-9-4-7-15-17/h4,7,9,12-14H,5-6,8,10-11H2,1H3. The predicted octanol–water partition coefficient (Wildman–Crippen LogP) is 2.07. The Morgan fingerprint density at radius 1 is 1.24 bits per heavy atom. The molecule has 0 spiro atoms. The highest BCUT2D eigenvalue weighted by atomic mass is 15.3. The minimum atomic E-state index is 0.605. The molecule has 0 N–H and O–H groups in total. The lowest BCUT2D eigenvalue weighted by Gasteiger charge is -2.37. The number of hydrogen-bond donors (Lipinski definition) is 0. The first kappa shape index (κ1) is 10.9. The summed E-state index contributed by atoms with van der Waals surface area (Å²) in [5, 5.41) is 4.39.